The minimum Gasteiger partial charge on any atom is -0.489 e. The lowest BCUT2D eigenvalue weighted by Gasteiger charge is -2.15. The van der Waals surface area contributed by atoms with Crippen LogP contribution in [0.2, 0.25) is 0 Å². The monoisotopic (exact) mass is 619 g/mol. The van der Waals surface area contributed by atoms with Crippen LogP contribution in [-0.2, 0) is 26.2 Å². The van der Waals surface area contributed by atoms with E-state index >= 15 is 0 Å². The molecule has 1 unspecified atom stereocenters. The Hall–Kier alpha value is -3.81. The quantitative estimate of drug-likeness (QED) is 0.226. The fourth-order valence-corrected chi connectivity index (χ4v) is 5.28. The number of nitrogens with zero attached hydrogens (tertiary/aromatic N) is 1. The van der Waals surface area contributed by atoms with Gasteiger partial charge >= 0.3 is 15.5 Å². The number of anilines is 1. The minimum absolute atomic E-state index is 0.0842. The number of halogens is 3. The van der Waals surface area contributed by atoms with E-state index in [9.17, 15) is 26.4 Å². The summed E-state index contributed by atoms with van der Waals surface area (Å²) in [5, 5.41) is 2.90. The van der Waals surface area contributed by atoms with Crippen LogP contribution in [0.15, 0.2) is 82.7 Å². The van der Waals surface area contributed by atoms with E-state index in [-0.39, 0.29) is 22.9 Å². The zero-order valence-corrected chi connectivity index (χ0v) is 24.3. The lowest BCUT2D eigenvalue weighted by atomic mass is 10.1. The van der Waals surface area contributed by atoms with E-state index < -0.39 is 15.5 Å². The molecule has 3 aromatic carbocycles. The molecule has 2 N–H and O–H groups in total. The van der Waals surface area contributed by atoms with E-state index in [2.05, 4.69) is 29.4 Å². The van der Waals surface area contributed by atoms with Crippen LogP contribution in [0, 0.1) is 0 Å². The maximum atomic E-state index is 12.5. The summed E-state index contributed by atoms with van der Waals surface area (Å²) in [6, 6.07) is 20.3. The van der Waals surface area contributed by atoms with Gasteiger partial charge in [0.05, 0.1) is 16.7 Å². The summed E-state index contributed by atoms with van der Waals surface area (Å²) in [6.07, 6.45) is 2.68. The standard InChI is InChI=1S/C29H28F3N3O5S2/c1-3-25(39-4-2)21-9-5-20(6-10-21)18-40-24-15-7-19(8-16-24)17-26-27(36)34-28(41-26)33-22-11-13-23(14-12-22)35-42(37,38)29(30,31)32/h5-17,25,35H,3-4,18H2,1-2H3,(H,33,34,36). The molecule has 1 atom stereocenters. The van der Waals surface area contributed by atoms with Crippen molar-refractivity contribution in [1.82, 2.24) is 5.32 Å². The van der Waals surface area contributed by atoms with Gasteiger partial charge in [-0.15, -0.1) is 0 Å². The maximum absolute atomic E-state index is 12.5. The second kappa shape index (κ2) is 13.4. The van der Waals surface area contributed by atoms with Crippen molar-refractivity contribution < 1.29 is 35.9 Å². The van der Waals surface area contributed by atoms with Crippen molar-refractivity contribution in [2.24, 2.45) is 4.99 Å². The molecule has 222 valence electrons. The number of nitrogens with one attached hydrogen (secondary N) is 2. The third-order valence-electron chi connectivity index (χ3n) is 5.98. The summed E-state index contributed by atoms with van der Waals surface area (Å²) in [7, 11) is -5.52. The Morgan fingerprint density at radius 1 is 1.00 bits per heavy atom. The van der Waals surface area contributed by atoms with Crippen molar-refractivity contribution in [2.45, 2.75) is 38.5 Å². The fraction of sp³-hybridized carbons (Fsp3) is 0.241. The van der Waals surface area contributed by atoms with Gasteiger partial charge in [0, 0.05) is 12.3 Å². The Balaban J connectivity index is 1.33. The van der Waals surface area contributed by atoms with Crippen LogP contribution in [0.3, 0.4) is 0 Å². The number of amides is 1. The number of benzene rings is 3. The largest absolute Gasteiger partial charge is 0.516 e. The van der Waals surface area contributed by atoms with Gasteiger partial charge in [-0.1, -0.05) is 43.3 Å². The molecule has 3 aromatic rings. The molecule has 1 saturated heterocycles. The number of amidine groups is 1. The van der Waals surface area contributed by atoms with E-state index in [0.29, 0.717) is 29.6 Å². The van der Waals surface area contributed by atoms with Gasteiger partial charge < -0.3 is 14.8 Å². The van der Waals surface area contributed by atoms with Gasteiger partial charge in [0.1, 0.15) is 12.4 Å². The van der Waals surface area contributed by atoms with Crippen LogP contribution < -0.4 is 14.8 Å². The molecule has 0 spiro atoms. The number of alkyl halides is 3. The summed E-state index contributed by atoms with van der Waals surface area (Å²) < 4.78 is 73.2. The van der Waals surface area contributed by atoms with Gasteiger partial charge in [-0.05, 0) is 84.3 Å². The average molecular weight is 620 g/mol. The number of rotatable bonds is 11. The SMILES string of the molecule is CCOC(CC)c1ccc(COc2ccc(C=C3SC(=Nc4ccc(NS(=O)(=O)C(F)(F)F)cc4)NC3=O)cc2)cc1. The first-order valence-electron chi connectivity index (χ1n) is 12.9. The van der Waals surface area contributed by atoms with Crippen LogP contribution in [0.25, 0.3) is 6.08 Å². The number of hydrogen-bond acceptors (Lipinski definition) is 7. The lowest BCUT2D eigenvalue weighted by molar-refractivity contribution is -0.115. The molecule has 0 bridgehead atoms. The molecule has 0 aromatic heterocycles. The Bertz CT molecular complexity index is 1560. The second-order valence-electron chi connectivity index (χ2n) is 9.03. The molecular weight excluding hydrogens is 591 g/mol. The number of hydrogen-bond donors (Lipinski definition) is 2. The fourth-order valence-electron chi connectivity index (χ4n) is 3.87. The molecule has 1 aliphatic heterocycles. The van der Waals surface area contributed by atoms with E-state index in [1.165, 1.54) is 16.9 Å². The van der Waals surface area contributed by atoms with Gasteiger partial charge in [-0.25, -0.2) is 4.99 Å². The van der Waals surface area contributed by atoms with Crippen LogP contribution in [0.1, 0.15) is 43.1 Å². The van der Waals surface area contributed by atoms with Crippen molar-refractivity contribution in [1.29, 1.82) is 0 Å². The van der Waals surface area contributed by atoms with Gasteiger partial charge in [0.2, 0.25) is 0 Å². The molecule has 0 saturated carbocycles. The Kier molecular flexibility index (Phi) is 9.97. The lowest BCUT2D eigenvalue weighted by Crippen LogP contribution is -2.29. The third kappa shape index (κ3) is 8.14. The maximum Gasteiger partial charge on any atom is 0.516 e. The topological polar surface area (TPSA) is 106 Å². The summed E-state index contributed by atoms with van der Waals surface area (Å²) in [6.45, 7) is 5.14. The van der Waals surface area contributed by atoms with E-state index in [0.717, 1.165) is 47.0 Å². The van der Waals surface area contributed by atoms with Crippen LogP contribution >= 0.6 is 11.8 Å². The first kappa shape index (κ1) is 31.1. The van der Waals surface area contributed by atoms with Gasteiger partial charge in [0.15, 0.2) is 5.17 Å². The number of ether oxygens (including phenoxy) is 2. The zero-order valence-electron chi connectivity index (χ0n) is 22.6. The Labute approximate surface area is 246 Å². The first-order chi connectivity index (χ1) is 20.0. The summed E-state index contributed by atoms with van der Waals surface area (Å²) in [4.78, 5) is 17.1. The zero-order chi connectivity index (χ0) is 30.3. The number of thioether (sulfide) groups is 1. The Morgan fingerprint density at radius 3 is 2.26 bits per heavy atom. The highest BCUT2D eigenvalue weighted by Crippen LogP contribution is 2.30. The molecule has 1 aliphatic rings. The minimum atomic E-state index is -5.52. The normalized spacial score (nSPS) is 16.5. The predicted octanol–water partition coefficient (Wildman–Crippen LogP) is 6.91. The number of sulfonamides is 1. The van der Waals surface area contributed by atoms with E-state index in [1.54, 1.807) is 6.08 Å². The molecule has 13 heteroatoms. The highest BCUT2D eigenvalue weighted by molar-refractivity contribution is 8.18. The van der Waals surface area contributed by atoms with Gasteiger partial charge in [-0.3, -0.25) is 9.52 Å². The molecule has 42 heavy (non-hydrogen) atoms. The Morgan fingerprint density at radius 2 is 1.67 bits per heavy atom. The molecule has 4 rings (SSSR count). The van der Waals surface area contributed by atoms with E-state index in [4.69, 9.17) is 9.47 Å². The summed E-state index contributed by atoms with van der Waals surface area (Å²) in [5.41, 5.74) is -2.46. The predicted molar refractivity (Wildman–Crippen MR) is 158 cm³/mol. The van der Waals surface area contributed by atoms with Crippen LogP contribution in [0.5, 0.6) is 5.75 Å². The van der Waals surface area contributed by atoms with Crippen LogP contribution in [-0.4, -0.2) is 31.6 Å². The molecule has 0 radical (unpaired) electrons. The van der Waals surface area contributed by atoms with Gasteiger partial charge in [-0.2, -0.15) is 21.6 Å². The van der Waals surface area contributed by atoms with E-state index in [1.807, 2.05) is 43.3 Å². The van der Waals surface area contributed by atoms with Crippen molar-refractivity contribution in [3.05, 3.63) is 94.4 Å². The van der Waals surface area contributed by atoms with Crippen molar-refractivity contribution in [2.75, 3.05) is 11.3 Å². The third-order valence-corrected chi connectivity index (χ3v) is 8.00. The highest BCUT2D eigenvalue weighted by atomic mass is 32.2. The average Bonchev–Trinajstić information content (AvgIpc) is 3.30. The second-order valence-corrected chi connectivity index (χ2v) is 11.7. The number of carbonyl (C=O) groups excluding carboxylic acids is 1. The van der Waals surface area contributed by atoms with Crippen molar-refractivity contribution in [3.63, 3.8) is 0 Å². The molecule has 1 heterocycles. The number of aliphatic imine (C=N–C) groups is 1. The molecule has 8 nitrogen and oxygen atoms in total. The molecule has 1 fully saturated rings. The highest BCUT2D eigenvalue weighted by Gasteiger charge is 2.46. The van der Waals surface area contributed by atoms with Crippen molar-refractivity contribution >= 4 is 50.3 Å². The summed E-state index contributed by atoms with van der Waals surface area (Å²) >= 11 is 1.10. The smallest absolute Gasteiger partial charge is 0.489 e. The molecule has 1 amide bonds. The first-order valence-corrected chi connectivity index (χ1v) is 15.2. The summed E-state index contributed by atoms with van der Waals surface area (Å²) in [5.74, 6) is 0.320. The van der Waals surface area contributed by atoms with Gasteiger partial charge in [0.25, 0.3) is 5.91 Å². The molecule has 0 aliphatic carbocycles. The van der Waals surface area contributed by atoms with Crippen LogP contribution in [0.4, 0.5) is 24.5 Å². The molecular formula is C29H28F3N3O5S2. The van der Waals surface area contributed by atoms with Crippen molar-refractivity contribution in [3.8, 4) is 5.75 Å². The number of carbonyl (C=O) groups is 1.